The van der Waals surface area contributed by atoms with E-state index in [2.05, 4.69) is 17.9 Å². The normalized spacial score (nSPS) is 33.9. The highest BCUT2D eigenvalue weighted by molar-refractivity contribution is 5.82. The number of hydrogen-bond donors (Lipinski definition) is 1. The van der Waals surface area contributed by atoms with E-state index in [1.807, 2.05) is 6.07 Å². The number of phenolic OH excluding ortho intramolecular Hbond substituents is 1. The highest BCUT2D eigenvalue weighted by atomic mass is 16.5. The lowest BCUT2D eigenvalue weighted by atomic mass is 9.51. The molecule has 1 aromatic carbocycles. The molecule has 1 N–H and O–H groups in total. The number of Topliss-reactive ketones (excluding diaryl/α,β-unsaturated/α-hetero) is 1. The Hall–Kier alpha value is -1.55. The quantitative estimate of drug-likeness (QED) is 0.876. The van der Waals surface area contributed by atoms with E-state index in [0.29, 0.717) is 42.4 Å². The molecule has 0 radical (unpaired) electrons. The lowest BCUT2D eigenvalue weighted by Gasteiger charge is -2.59. The van der Waals surface area contributed by atoms with E-state index in [1.54, 1.807) is 7.11 Å². The molecule has 0 aromatic heterocycles. The predicted molar refractivity (Wildman–Crippen MR) is 104 cm³/mol. The number of ketones is 1. The van der Waals surface area contributed by atoms with Gasteiger partial charge >= 0.3 is 0 Å². The number of nitrogens with zero attached hydrogens (tertiary/aromatic N) is 1. The first-order valence-corrected chi connectivity index (χ1v) is 10.7. The molecule has 0 spiro atoms. The van der Waals surface area contributed by atoms with Crippen LogP contribution in [0.5, 0.6) is 11.5 Å². The van der Waals surface area contributed by atoms with Gasteiger partial charge in [0.25, 0.3) is 0 Å². The molecule has 27 heavy (non-hydrogen) atoms. The average molecular weight is 370 g/mol. The minimum atomic E-state index is -0.192. The number of carbonyl (C=O) groups is 1. The second-order valence-electron chi connectivity index (χ2n) is 9.45. The minimum absolute atomic E-state index is 0.192. The largest absolute Gasteiger partial charge is 0.504 e. The third kappa shape index (κ3) is 2.63. The fourth-order valence-corrected chi connectivity index (χ4v) is 6.63. The second-order valence-corrected chi connectivity index (χ2v) is 9.45. The number of piperidine rings is 1. The summed E-state index contributed by atoms with van der Waals surface area (Å²) in [5.74, 6) is 2.59. The Balaban J connectivity index is 1.58. The molecule has 146 valence electrons. The molecule has 2 saturated carbocycles. The van der Waals surface area contributed by atoms with Crippen LogP contribution in [0.2, 0.25) is 0 Å². The van der Waals surface area contributed by atoms with Gasteiger partial charge in [-0.15, -0.1) is 0 Å². The van der Waals surface area contributed by atoms with E-state index in [9.17, 15) is 9.90 Å². The van der Waals surface area contributed by atoms with E-state index in [4.69, 9.17) is 4.74 Å². The first-order chi connectivity index (χ1) is 13.0. The van der Waals surface area contributed by atoms with Gasteiger partial charge in [0, 0.05) is 35.9 Å². The van der Waals surface area contributed by atoms with E-state index < -0.39 is 0 Å². The molecule has 1 unspecified atom stereocenters. The Labute approximate surface area is 161 Å². The van der Waals surface area contributed by atoms with Crippen molar-refractivity contribution in [2.24, 2.45) is 11.8 Å². The SMILES string of the molecule is COc1ccc2c(c1O)[C@]13CCN(C(C)CC4CC4)[C@H](C2)[C@@H]1CCC(=O)C3. The maximum Gasteiger partial charge on any atom is 0.161 e. The van der Waals surface area contributed by atoms with Crippen molar-refractivity contribution in [3.05, 3.63) is 23.3 Å². The van der Waals surface area contributed by atoms with E-state index in [1.165, 1.54) is 24.8 Å². The summed E-state index contributed by atoms with van der Waals surface area (Å²) in [5.41, 5.74) is 2.07. The first-order valence-electron chi connectivity index (χ1n) is 10.7. The number of fused-ring (bicyclic) bond motifs is 1. The zero-order valence-corrected chi connectivity index (χ0v) is 16.5. The van der Waals surface area contributed by atoms with Gasteiger partial charge in [0.05, 0.1) is 7.11 Å². The van der Waals surface area contributed by atoms with Crippen molar-refractivity contribution in [1.29, 1.82) is 0 Å². The van der Waals surface area contributed by atoms with Crippen molar-refractivity contribution in [2.45, 2.75) is 75.8 Å². The lowest BCUT2D eigenvalue weighted by molar-refractivity contribution is -0.128. The van der Waals surface area contributed by atoms with Crippen LogP contribution in [0.3, 0.4) is 0 Å². The topological polar surface area (TPSA) is 49.8 Å². The van der Waals surface area contributed by atoms with Crippen molar-refractivity contribution in [1.82, 2.24) is 4.90 Å². The number of methoxy groups -OCH3 is 1. The van der Waals surface area contributed by atoms with E-state index in [-0.39, 0.29) is 11.2 Å². The Bertz CT molecular complexity index is 771. The van der Waals surface area contributed by atoms with Gasteiger partial charge in [0.2, 0.25) is 0 Å². The van der Waals surface area contributed by atoms with Crippen LogP contribution in [-0.2, 0) is 16.6 Å². The Kier molecular flexibility index (Phi) is 4.05. The van der Waals surface area contributed by atoms with Crippen molar-refractivity contribution in [3.63, 3.8) is 0 Å². The summed E-state index contributed by atoms with van der Waals surface area (Å²) < 4.78 is 5.42. The molecule has 0 amide bonds. The molecule has 3 fully saturated rings. The van der Waals surface area contributed by atoms with Gasteiger partial charge in [0.1, 0.15) is 5.78 Å². The molecule has 4 atom stereocenters. The second kappa shape index (κ2) is 6.23. The standard InChI is InChI=1S/C23H31NO3/c1-14(11-15-3-4-15)24-10-9-23-13-17(25)6-7-18(23)19(24)12-16-5-8-20(27-2)22(26)21(16)23/h5,8,14-15,18-19,26H,3-4,6-7,9-13H2,1-2H3/t14?,18-,19+,23-/m0/s1. The molecule has 3 aliphatic carbocycles. The fraction of sp³-hybridized carbons (Fsp3) is 0.696. The summed E-state index contributed by atoms with van der Waals surface area (Å²) in [6, 6.07) is 5.14. The third-order valence-electron chi connectivity index (χ3n) is 7.97. The summed E-state index contributed by atoms with van der Waals surface area (Å²) >= 11 is 0. The van der Waals surface area contributed by atoms with Crippen molar-refractivity contribution in [2.75, 3.05) is 13.7 Å². The van der Waals surface area contributed by atoms with Crippen LogP contribution < -0.4 is 4.74 Å². The highest BCUT2D eigenvalue weighted by Crippen LogP contribution is 2.59. The van der Waals surface area contributed by atoms with Crippen LogP contribution in [0.4, 0.5) is 0 Å². The zero-order valence-electron chi connectivity index (χ0n) is 16.5. The van der Waals surface area contributed by atoms with Gasteiger partial charge in [-0.05, 0) is 62.6 Å². The van der Waals surface area contributed by atoms with Gasteiger partial charge in [-0.3, -0.25) is 9.69 Å². The van der Waals surface area contributed by atoms with Crippen LogP contribution in [0, 0.1) is 11.8 Å². The molecule has 5 rings (SSSR count). The van der Waals surface area contributed by atoms with Crippen LogP contribution in [0.25, 0.3) is 0 Å². The molecule has 2 bridgehead atoms. The summed E-state index contributed by atoms with van der Waals surface area (Å²) in [6.07, 6.45) is 8.34. The summed E-state index contributed by atoms with van der Waals surface area (Å²) in [4.78, 5) is 15.3. The molecule has 4 nitrogen and oxygen atoms in total. The maximum atomic E-state index is 12.5. The van der Waals surface area contributed by atoms with Crippen LogP contribution in [0.1, 0.15) is 63.0 Å². The molecule has 4 aliphatic rings. The predicted octanol–water partition coefficient (Wildman–Crippen LogP) is 3.83. The van der Waals surface area contributed by atoms with Gasteiger partial charge < -0.3 is 9.84 Å². The zero-order chi connectivity index (χ0) is 18.8. The number of likely N-dealkylation sites (tertiary alicyclic amines) is 1. The number of benzene rings is 1. The number of aromatic hydroxyl groups is 1. The van der Waals surface area contributed by atoms with Crippen molar-refractivity contribution < 1.29 is 14.6 Å². The number of hydrogen-bond acceptors (Lipinski definition) is 4. The maximum absolute atomic E-state index is 12.5. The summed E-state index contributed by atoms with van der Waals surface area (Å²) in [7, 11) is 1.61. The molecular formula is C23H31NO3. The van der Waals surface area contributed by atoms with Crippen LogP contribution in [-0.4, -0.2) is 41.5 Å². The van der Waals surface area contributed by atoms with Crippen molar-refractivity contribution in [3.8, 4) is 11.5 Å². The van der Waals surface area contributed by atoms with Gasteiger partial charge in [-0.25, -0.2) is 0 Å². The minimum Gasteiger partial charge on any atom is -0.504 e. The third-order valence-corrected chi connectivity index (χ3v) is 7.97. The number of ether oxygens (including phenoxy) is 1. The lowest BCUT2D eigenvalue weighted by Crippen LogP contribution is -2.63. The Morgan fingerprint density at radius 2 is 2.15 bits per heavy atom. The molecule has 1 aliphatic heterocycles. The van der Waals surface area contributed by atoms with E-state index >= 15 is 0 Å². The highest BCUT2D eigenvalue weighted by Gasteiger charge is 2.57. The number of carbonyl (C=O) groups excluding carboxylic acids is 1. The van der Waals surface area contributed by atoms with E-state index in [0.717, 1.165) is 37.3 Å². The van der Waals surface area contributed by atoms with Gasteiger partial charge in [-0.1, -0.05) is 18.9 Å². The van der Waals surface area contributed by atoms with Gasteiger partial charge in [0.15, 0.2) is 11.5 Å². The monoisotopic (exact) mass is 369 g/mol. The smallest absolute Gasteiger partial charge is 0.161 e. The first kappa shape index (κ1) is 17.5. The fourth-order valence-electron chi connectivity index (χ4n) is 6.63. The summed E-state index contributed by atoms with van der Waals surface area (Å²) in [5, 5.41) is 11.0. The van der Waals surface area contributed by atoms with Crippen LogP contribution >= 0.6 is 0 Å². The molecule has 1 heterocycles. The Morgan fingerprint density at radius 3 is 2.89 bits per heavy atom. The number of rotatable bonds is 4. The molecule has 4 heteroatoms. The molecule has 1 saturated heterocycles. The Morgan fingerprint density at radius 1 is 1.33 bits per heavy atom. The molecular weight excluding hydrogens is 338 g/mol. The molecule has 1 aromatic rings. The van der Waals surface area contributed by atoms with Crippen LogP contribution in [0.15, 0.2) is 12.1 Å². The summed E-state index contributed by atoms with van der Waals surface area (Å²) in [6.45, 7) is 3.44. The number of phenols is 1. The van der Waals surface area contributed by atoms with Crippen molar-refractivity contribution >= 4 is 5.78 Å². The van der Waals surface area contributed by atoms with Gasteiger partial charge in [-0.2, -0.15) is 0 Å². The average Bonchev–Trinajstić information content (AvgIpc) is 3.45.